The number of rotatable bonds is 4. The molecule has 2 atom stereocenters. The number of nitrogens with two attached hydrogens (primary N) is 1. The summed E-state index contributed by atoms with van der Waals surface area (Å²) in [4.78, 5) is 4.29. The summed E-state index contributed by atoms with van der Waals surface area (Å²) in [6.45, 7) is 2.70. The SMILES string of the molecule is CC1(c2noc(C(N)CCO)n2)CCCCO1. The standard InChI is InChI=1S/C11H19N3O3/c1-11(5-2-3-7-16-11)10-13-9(17-14-10)8(12)4-6-15/h8,15H,2-7,12H2,1H3. The first-order valence-electron chi connectivity index (χ1n) is 6.00. The summed E-state index contributed by atoms with van der Waals surface area (Å²) in [5.74, 6) is 0.921. The molecule has 0 saturated carbocycles. The van der Waals surface area contributed by atoms with Gasteiger partial charge in [-0.05, 0) is 32.6 Å². The fraction of sp³-hybridized carbons (Fsp3) is 0.818. The van der Waals surface area contributed by atoms with Gasteiger partial charge in [0.1, 0.15) is 5.60 Å². The Morgan fingerprint density at radius 2 is 2.35 bits per heavy atom. The minimum Gasteiger partial charge on any atom is -0.396 e. The molecule has 1 aliphatic rings. The predicted molar refractivity (Wildman–Crippen MR) is 60.1 cm³/mol. The normalized spacial score (nSPS) is 27.0. The molecular weight excluding hydrogens is 222 g/mol. The van der Waals surface area contributed by atoms with Crippen molar-refractivity contribution < 1.29 is 14.4 Å². The maximum Gasteiger partial charge on any atom is 0.243 e. The predicted octanol–water partition coefficient (Wildman–Crippen LogP) is 0.868. The maximum atomic E-state index is 8.81. The van der Waals surface area contributed by atoms with Gasteiger partial charge in [-0.3, -0.25) is 0 Å². The molecule has 0 aliphatic carbocycles. The molecule has 3 N–H and O–H groups in total. The average Bonchev–Trinajstić information content (AvgIpc) is 2.80. The van der Waals surface area contributed by atoms with Crippen molar-refractivity contribution in [1.82, 2.24) is 10.1 Å². The Hall–Kier alpha value is -0.980. The molecule has 2 rings (SSSR count). The van der Waals surface area contributed by atoms with E-state index in [1.165, 1.54) is 0 Å². The molecule has 1 fully saturated rings. The molecular formula is C11H19N3O3. The zero-order valence-corrected chi connectivity index (χ0v) is 10.1. The first kappa shape index (κ1) is 12.5. The molecule has 0 bridgehead atoms. The highest BCUT2D eigenvalue weighted by Gasteiger charge is 2.35. The van der Waals surface area contributed by atoms with Gasteiger partial charge in [-0.25, -0.2) is 0 Å². The van der Waals surface area contributed by atoms with Crippen LogP contribution in [0.1, 0.15) is 50.4 Å². The number of ether oxygens (including phenoxy) is 1. The largest absolute Gasteiger partial charge is 0.396 e. The molecule has 17 heavy (non-hydrogen) atoms. The molecule has 1 aromatic rings. The van der Waals surface area contributed by atoms with E-state index in [4.69, 9.17) is 20.1 Å². The minimum absolute atomic E-state index is 0.00660. The third-order valence-electron chi connectivity index (χ3n) is 3.14. The third kappa shape index (κ3) is 2.65. The fourth-order valence-corrected chi connectivity index (χ4v) is 1.97. The number of aliphatic hydroxyl groups excluding tert-OH is 1. The van der Waals surface area contributed by atoms with E-state index in [-0.39, 0.29) is 6.61 Å². The van der Waals surface area contributed by atoms with E-state index in [1.54, 1.807) is 0 Å². The highest BCUT2D eigenvalue weighted by Crippen LogP contribution is 2.33. The number of hydrogen-bond acceptors (Lipinski definition) is 6. The third-order valence-corrected chi connectivity index (χ3v) is 3.14. The van der Waals surface area contributed by atoms with Crippen molar-refractivity contribution in [2.45, 2.75) is 44.2 Å². The van der Waals surface area contributed by atoms with E-state index < -0.39 is 11.6 Å². The molecule has 6 heteroatoms. The van der Waals surface area contributed by atoms with Gasteiger partial charge in [0.05, 0.1) is 6.04 Å². The Labute approximate surface area is 100 Å². The lowest BCUT2D eigenvalue weighted by atomic mass is 9.95. The fourth-order valence-electron chi connectivity index (χ4n) is 1.97. The molecule has 0 amide bonds. The van der Waals surface area contributed by atoms with Crippen LogP contribution in [-0.4, -0.2) is 28.5 Å². The van der Waals surface area contributed by atoms with Gasteiger partial charge in [-0.1, -0.05) is 5.16 Å². The van der Waals surface area contributed by atoms with Gasteiger partial charge in [-0.15, -0.1) is 0 Å². The van der Waals surface area contributed by atoms with Crippen LogP contribution in [0.4, 0.5) is 0 Å². The van der Waals surface area contributed by atoms with Gasteiger partial charge < -0.3 is 20.1 Å². The van der Waals surface area contributed by atoms with Gasteiger partial charge >= 0.3 is 0 Å². The molecule has 1 aromatic heterocycles. The van der Waals surface area contributed by atoms with Crippen molar-refractivity contribution in [3.8, 4) is 0 Å². The average molecular weight is 241 g/mol. The van der Waals surface area contributed by atoms with Gasteiger partial charge in [-0.2, -0.15) is 4.98 Å². The molecule has 0 spiro atoms. The van der Waals surface area contributed by atoms with E-state index in [1.807, 2.05) is 6.92 Å². The van der Waals surface area contributed by atoms with E-state index in [0.29, 0.717) is 18.1 Å². The van der Waals surface area contributed by atoms with Crippen LogP contribution in [0.2, 0.25) is 0 Å². The quantitative estimate of drug-likeness (QED) is 0.812. The summed E-state index contributed by atoms with van der Waals surface area (Å²) in [5, 5.41) is 12.8. The monoisotopic (exact) mass is 241 g/mol. The van der Waals surface area contributed by atoms with Crippen molar-refractivity contribution in [2.75, 3.05) is 13.2 Å². The van der Waals surface area contributed by atoms with Crippen LogP contribution in [0.15, 0.2) is 4.52 Å². The van der Waals surface area contributed by atoms with Crippen molar-refractivity contribution in [1.29, 1.82) is 0 Å². The minimum atomic E-state index is -0.459. The molecule has 1 aliphatic heterocycles. The van der Waals surface area contributed by atoms with Crippen LogP contribution in [0.25, 0.3) is 0 Å². The van der Waals surface area contributed by atoms with Crippen LogP contribution < -0.4 is 5.73 Å². The second kappa shape index (κ2) is 5.12. The van der Waals surface area contributed by atoms with Crippen LogP contribution in [-0.2, 0) is 10.3 Å². The smallest absolute Gasteiger partial charge is 0.243 e. The second-order valence-corrected chi connectivity index (χ2v) is 4.61. The molecule has 2 heterocycles. The van der Waals surface area contributed by atoms with E-state index >= 15 is 0 Å². The lowest BCUT2D eigenvalue weighted by Gasteiger charge is -2.30. The lowest BCUT2D eigenvalue weighted by Crippen LogP contribution is -2.31. The zero-order valence-electron chi connectivity index (χ0n) is 10.1. The summed E-state index contributed by atoms with van der Waals surface area (Å²) < 4.78 is 10.8. The lowest BCUT2D eigenvalue weighted by molar-refractivity contribution is -0.0770. The number of aliphatic hydroxyl groups is 1. The van der Waals surface area contributed by atoms with Crippen molar-refractivity contribution in [3.63, 3.8) is 0 Å². The van der Waals surface area contributed by atoms with Crippen molar-refractivity contribution >= 4 is 0 Å². The maximum absolute atomic E-state index is 8.81. The zero-order chi connectivity index (χ0) is 12.3. The Kier molecular flexibility index (Phi) is 3.76. The van der Waals surface area contributed by atoms with Crippen LogP contribution in [0, 0.1) is 0 Å². The Morgan fingerprint density at radius 1 is 1.53 bits per heavy atom. The van der Waals surface area contributed by atoms with E-state index in [2.05, 4.69) is 10.1 Å². The van der Waals surface area contributed by atoms with E-state index in [0.717, 1.165) is 25.9 Å². The Bertz CT molecular complexity index is 361. The first-order chi connectivity index (χ1) is 8.15. The first-order valence-corrected chi connectivity index (χ1v) is 6.00. The summed E-state index contributed by atoms with van der Waals surface area (Å²) in [7, 11) is 0. The van der Waals surface area contributed by atoms with Gasteiger partial charge in [0.2, 0.25) is 11.7 Å². The summed E-state index contributed by atoms with van der Waals surface area (Å²) in [5.41, 5.74) is 5.34. The van der Waals surface area contributed by atoms with Gasteiger partial charge in [0.25, 0.3) is 0 Å². The van der Waals surface area contributed by atoms with Gasteiger partial charge in [0, 0.05) is 13.2 Å². The highest BCUT2D eigenvalue weighted by molar-refractivity contribution is 5.02. The van der Waals surface area contributed by atoms with Crippen LogP contribution >= 0.6 is 0 Å². The topological polar surface area (TPSA) is 94.4 Å². The van der Waals surface area contributed by atoms with Gasteiger partial charge in [0.15, 0.2) is 0 Å². The number of hydrogen-bond donors (Lipinski definition) is 2. The summed E-state index contributed by atoms with van der Waals surface area (Å²) >= 11 is 0. The molecule has 96 valence electrons. The van der Waals surface area contributed by atoms with Crippen LogP contribution in [0.3, 0.4) is 0 Å². The molecule has 0 radical (unpaired) electrons. The Morgan fingerprint density at radius 3 is 3.00 bits per heavy atom. The summed E-state index contributed by atoms with van der Waals surface area (Å²) in [6.07, 6.45) is 3.48. The summed E-state index contributed by atoms with van der Waals surface area (Å²) in [6, 6.07) is -0.409. The van der Waals surface area contributed by atoms with Crippen molar-refractivity contribution in [2.24, 2.45) is 5.73 Å². The van der Waals surface area contributed by atoms with Crippen LogP contribution in [0.5, 0.6) is 0 Å². The Balaban J connectivity index is 2.11. The highest BCUT2D eigenvalue weighted by atomic mass is 16.5. The molecule has 2 unspecified atom stereocenters. The number of aromatic nitrogens is 2. The second-order valence-electron chi connectivity index (χ2n) is 4.61. The number of nitrogens with zero attached hydrogens (tertiary/aromatic N) is 2. The van der Waals surface area contributed by atoms with E-state index in [9.17, 15) is 0 Å². The molecule has 0 aromatic carbocycles. The molecule has 6 nitrogen and oxygen atoms in total. The van der Waals surface area contributed by atoms with Crippen molar-refractivity contribution in [3.05, 3.63) is 11.7 Å². The molecule has 1 saturated heterocycles.